The molecule has 31 heavy (non-hydrogen) atoms. The minimum absolute atomic E-state index is 0.276. The number of carbonyl (C=O) groups excluding carboxylic acids is 4. The Hall–Kier alpha value is -2.24. The molecule has 1 aliphatic heterocycles. The number of rotatable bonds is 12. The Morgan fingerprint density at radius 2 is 1.29 bits per heavy atom. The molecule has 0 aromatic carbocycles. The highest BCUT2D eigenvalue weighted by molar-refractivity contribution is 5.68. The average Bonchev–Trinajstić information content (AvgIpc) is 2.66. The van der Waals surface area contributed by atoms with Crippen LogP contribution in [-0.4, -0.2) is 74.3 Å². The summed E-state index contributed by atoms with van der Waals surface area (Å²) in [6.45, 7) is 5.33. The van der Waals surface area contributed by atoms with Crippen LogP contribution in [0.25, 0.3) is 0 Å². The van der Waals surface area contributed by atoms with E-state index in [4.69, 9.17) is 34.2 Å². The molecule has 5 atom stereocenters. The molecule has 1 aliphatic rings. The van der Waals surface area contributed by atoms with Crippen molar-refractivity contribution in [2.75, 3.05) is 19.8 Å². The number of nitrogens with two attached hydrogens (primary N) is 1. The zero-order valence-electron chi connectivity index (χ0n) is 18.5. The summed E-state index contributed by atoms with van der Waals surface area (Å²) >= 11 is 0. The molecule has 11 nitrogen and oxygen atoms in total. The van der Waals surface area contributed by atoms with Crippen LogP contribution >= 0.6 is 0 Å². The Morgan fingerprint density at radius 1 is 0.742 bits per heavy atom. The van der Waals surface area contributed by atoms with Gasteiger partial charge in [0.15, 0.2) is 24.6 Å². The maximum absolute atomic E-state index is 11.7. The highest BCUT2D eigenvalue weighted by atomic mass is 16.7. The van der Waals surface area contributed by atoms with Crippen molar-refractivity contribution in [3.05, 3.63) is 0 Å². The number of hydrogen-bond acceptors (Lipinski definition) is 11. The van der Waals surface area contributed by atoms with Crippen LogP contribution in [-0.2, 0) is 47.6 Å². The van der Waals surface area contributed by atoms with Gasteiger partial charge in [-0.05, 0) is 19.4 Å². The van der Waals surface area contributed by atoms with Gasteiger partial charge in [-0.1, -0.05) is 12.8 Å². The molecule has 1 saturated heterocycles. The molecular weight excluding hydrogens is 414 g/mol. The first-order valence-electron chi connectivity index (χ1n) is 10.3. The lowest BCUT2D eigenvalue weighted by Gasteiger charge is -2.44. The van der Waals surface area contributed by atoms with Crippen molar-refractivity contribution < 1.29 is 47.6 Å². The van der Waals surface area contributed by atoms with Crippen LogP contribution in [0.4, 0.5) is 0 Å². The fourth-order valence-electron chi connectivity index (χ4n) is 3.12. The van der Waals surface area contributed by atoms with Gasteiger partial charge in [-0.25, -0.2) is 0 Å². The largest absolute Gasteiger partial charge is 0.463 e. The summed E-state index contributed by atoms with van der Waals surface area (Å²) in [5.74, 6) is -2.61. The van der Waals surface area contributed by atoms with E-state index >= 15 is 0 Å². The molecule has 0 unspecified atom stereocenters. The number of hydrogen-bond donors (Lipinski definition) is 1. The number of unbranched alkanes of at least 4 members (excludes halogenated alkanes) is 3. The third-order valence-corrected chi connectivity index (χ3v) is 4.33. The predicted molar refractivity (Wildman–Crippen MR) is 105 cm³/mol. The second-order valence-corrected chi connectivity index (χ2v) is 7.14. The van der Waals surface area contributed by atoms with Gasteiger partial charge in [0.05, 0.1) is 0 Å². The van der Waals surface area contributed by atoms with Gasteiger partial charge in [0.1, 0.15) is 12.7 Å². The molecule has 0 aromatic rings. The Kier molecular flexibility index (Phi) is 12.1. The van der Waals surface area contributed by atoms with E-state index < -0.39 is 54.6 Å². The molecule has 11 heteroatoms. The van der Waals surface area contributed by atoms with Crippen LogP contribution in [0.5, 0.6) is 0 Å². The molecule has 1 rings (SSSR count). The smallest absolute Gasteiger partial charge is 0.303 e. The van der Waals surface area contributed by atoms with E-state index in [-0.39, 0.29) is 13.2 Å². The van der Waals surface area contributed by atoms with Crippen LogP contribution in [0.3, 0.4) is 0 Å². The molecule has 0 amide bonds. The quantitative estimate of drug-likeness (QED) is 0.254. The van der Waals surface area contributed by atoms with E-state index in [1.54, 1.807) is 0 Å². The van der Waals surface area contributed by atoms with Gasteiger partial charge >= 0.3 is 23.9 Å². The molecule has 0 bridgehead atoms. The van der Waals surface area contributed by atoms with E-state index in [1.807, 2.05) is 0 Å². The van der Waals surface area contributed by atoms with Gasteiger partial charge in [0, 0.05) is 34.3 Å². The van der Waals surface area contributed by atoms with Gasteiger partial charge in [-0.3, -0.25) is 19.2 Å². The van der Waals surface area contributed by atoms with Crippen LogP contribution in [0.15, 0.2) is 0 Å². The van der Waals surface area contributed by atoms with Crippen molar-refractivity contribution in [2.45, 2.75) is 84.1 Å². The molecule has 1 heterocycles. The van der Waals surface area contributed by atoms with Crippen LogP contribution < -0.4 is 5.73 Å². The Morgan fingerprint density at radius 3 is 1.84 bits per heavy atom. The molecule has 1 fully saturated rings. The zero-order chi connectivity index (χ0) is 23.4. The van der Waals surface area contributed by atoms with E-state index in [2.05, 4.69) is 0 Å². The summed E-state index contributed by atoms with van der Waals surface area (Å²) in [7, 11) is 0. The number of ether oxygens (including phenoxy) is 6. The standard InChI is InChI=1S/C20H33NO10/c1-12(22)27-11-16-17(28-13(2)23)18(29-14(3)24)19(30-15(4)25)20(31-16)26-10-8-6-5-7-9-21/h16-20H,5-11,21H2,1-4H3/t16-,17-,18+,19+,20+/m1/s1. The van der Waals surface area contributed by atoms with Gasteiger partial charge in [0.25, 0.3) is 0 Å². The first kappa shape index (κ1) is 26.8. The van der Waals surface area contributed by atoms with Crippen molar-refractivity contribution in [2.24, 2.45) is 5.73 Å². The highest BCUT2D eigenvalue weighted by Crippen LogP contribution is 2.30. The minimum Gasteiger partial charge on any atom is -0.463 e. The van der Waals surface area contributed by atoms with E-state index in [1.165, 1.54) is 27.7 Å². The van der Waals surface area contributed by atoms with Crippen molar-refractivity contribution in [3.8, 4) is 0 Å². The van der Waals surface area contributed by atoms with Crippen LogP contribution in [0.1, 0.15) is 53.4 Å². The zero-order valence-corrected chi connectivity index (χ0v) is 18.5. The van der Waals surface area contributed by atoms with Gasteiger partial charge in [0.2, 0.25) is 0 Å². The predicted octanol–water partition coefficient (Wildman–Crippen LogP) is 0.605. The maximum atomic E-state index is 11.7. The third-order valence-electron chi connectivity index (χ3n) is 4.33. The fraction of sp³-hybridized carbons (Fsp3) is 0.800. The van der Waals surface area contributed by atoms with Gasteiger partial charge < -0.3 is 34.2 Å². The first-order valence-corrected chi connectivity index (χ1v) is 10.3. The third kappa shape index (κ3) is 10.1. The van der Waals surface area contributed by atoms with Gasteiger partial charge in [-0.15, -0.1) is 0 Å². The molecule has 0 aromatic heterocycles. The summed E-state index contributed by atoms with van der Waals surface area (Å²) in [4.78, 5) is 46.4. The average molecular weight is 447 g/mol. The molecule has 178 valence electrons. The number of carbonyl (C=O) groups is 4. The fourth-order valence-corrected chi connectivity index (χ4v) is 3.12. The first-order chi connectivity index (χ1) is 14.6. The van der Waals surface area contributed by atoms with Crippen molar-refractivity contribution >= 4 is 23.9 Å². The normalized spacial score (nSPS) is 25.4. The van der Waals surface area contributed by atoms with Crippen LogP contribution in [0.2, 0.25) is 0 Å². The Bertz CT molecular complexity index is 611. The maximum Gasteiger partial charge on any atom is 0.303 e. The SMILES string of the molecule is CC(=O)OC[C@H]1O[C@H](OCCCCCCN)[C@@H](OC(C)=O)[C@@H](OC(C)=O)[C@@H]1OC(C)=O. The monoisotopic (exact) mass is 447 g/mol. The molecule has 0 saturated carbocycles. The number of esters is 4. The second-order valence-electron chi connectivity index (χ2n) is 7.14. The lowest BCUT2D eigenvalue weighted by molar-refractivity contribution is -0.308. The Balaban J connectivity index is 3.07. The summed E-state index contributed by atoms with van der Waals surface area (Å²) in [6.07, 6.45) is -2.31. The van der Waals surface area contributed by atoms with Crippen molar-refractivity contribution in [3.63, 3.8) is 0 Å². The van der Waals surface area contributed by atoms with Crippen LogP contribution in [0, 0.1) is 0 Å². The lowest BCUT2D eigenvalue weighted by atomic mass is 9.98. The summed E-state index contributed by atoms with van der Waals surface area (Å²) in [5.41, 5.74) is 5.48. The van der Waals surface area contributed by atoms with E-state index in [9.17, 15) is 19.2 Å². The summed E-state index contributed by atoms with van der Waals surface area (Å²) in [5, 5.41) is 0. The molecule has 0 spiro atoms. The Labute approximate surface area is 181 Å². The minimum atomic E-state index is -1.22. The lowest BCUT2D eigenvalue weighted by Crippen LogP contribution is -2.63. The highest BCUT2D eigenvalue weighted by Gasteiger charge is 2.52. The molecule has 2 N–H and O–H groups in total. The topological polar surface area (TPSA) is 150 Å². The molecule has 0 aliphatic carbocycles. The molecular formula is C20H33NO10. The van der Waals surface area contributed by atoms with E-state index in [0.29, 0.717) is 13.0 Å². The van der Waals surface area contributed by atoms with Gasteiger partial charge in [-0.2, -0.15) is 0 Å². The van der Waals surface area contributed by atoms with Crippen molar-refractivity contribution in [1.29, 1.82) is 0 Å². The van der Waals surface area contributed by atoms with E-state index in [0.717, 1.165) is 19.3 Å². The second kappa shape index (κ2) is 13.9. The molecule has 0 radical (unpaired) electrons. The summed E-state index contributed by atoms with van der Waals surface area (Å²) in [6, 6.07) is 0. The summed E-state index contributed by atoms with van der Waals surface area (Å²) < 4.78 is 32.6. The van der Waals surface area contributed by atoms with Crippen molar-refractivity contribution in [1.82, 2.24) is 0 Å².